The fourth-order valence-corrected chi connectivity index (χ4v) is 1.81. The first kappa shape index (κ1) is 11.3. The summed E-state index contributed by atoms with van der Waals surface area (Å²) in [5, 5.41) is 9.05. The summed E-state index contributed by atoms with van der Waals surface area (Å²) in [4.78, 5) is 10.9. The number of aliphatic hydroxyl groups is 1. The van der Waals surface area contributed by atoms with Crippen LogP contribution in [-0.2, 0) is 6.61 Å². The Balaban J connectivity index is 2.10. The van der Waals surface area contributed by atoms with Crippen LogP contribution in [0.1, 0.15) is 38.3 Å². The van der Waals surface area contributed by atoms with Gasteiger partial charge in [0.2, 0.25) is 0 Å². The number of anilines is 1. The molecule has 0 amide bonds. The van der Waals surface area contributed by atoms with Gasteiger partial charge in [-0.15, -0.1) is 0 Å². The molecule has 1 fully saturated rings. The van der Waals surface area contributed by atoms with Crippen LogP contribution in [-0.4, -0.2) is 27.7 Å². The van der Waals surface area contributed by atoms with Gasteiger partial charge >= 0.3 is 0 Å². The zero-order valence-electron chi connectivity index (χ0n) is 9.76. The number of hydrogen-bond donors (Lipinski definition) is 1. The molecule has 1 saturated carbocycles. The molecule has 1 aliphatic carbocycles. The van der Waals surface area contributed by atoms with Gasteiger partial charge in [-0.05, 0) is 19.3 Å². The number of aromatic nitrogens is 2. The average Bonchev–Trinajstić information content (AvgIpc) is 3.14. The van der Waals surface area contributed by atoms with E-state index in [-0.39, 0.29) is 6.61 Å². The molecule has 1 aromatic rings. The van der Waals surface area contributed by atoms with Gasteiger partial charge < -0.3 is 10.0 Å². The maximum atomic E-state index is 9.05. The minimum atomic E-state index is -0.0346. The summed E-state index contributed by atoms with van der Waals surface area (Å²) < 4.78 is 0. The third-order valence-electron chi connectivity index (χ3n) is 2.87. The fourth-order valence-electron chi connectivity index (χ4n) is 1.81. The Hall–Kier alpha value is -1.16. The van der Waals surface area contributed by atoms with Gasteiger partial charge in [0.05, 0.1) is 24.7 Å². The van der Waals surface area contributed by atoms with Crippen molar-refractivity contribution >= 4 is 5.82 Å². The second-order valence-electron chi connectivity index (χ2n) is 4.30. The smallest absolute Gasteiger partial charge is 0.147 e. The predicted octanol–water partition coefficient (Wildman–Crippen LogP) is 1.74. The van der Waals surface area contributed by atoms with E-state index < -0.39 is 0 Å². The molecule has 0 bridgehead atoms. The van der Waals surface area contributed by atoms with E-state index in [1.54, 1.807) is 12.4 Å². The van der Waals surface area contributed by atoms with E-state index in [4.69, 9.17) is 5.11 Å². The zero-order valence-corrected chi connectivity index (χ0v) is 9.76. The van der Waals surface area contributed by atoms with Crippen molar-refractivity contribution in [1.29, 1.82) is 0 Å². The molecule has 0 spiro atoms. The van der Waals surface area contributed by atoms with Gasteiger partial charge in [-0.25, -0.2) is 4.98 Å². The Labute approximate surface area is 96.3 Å². The summed E-state index contributed by atoms with van der Waals surface area (Å²) in [6, 6.07) is 0.648. The third-order valence-corrected chi connectivity index (χ3v) is 2.87. The van der Waals surface area contributed by atoms with E-state index in [0.717, 1.165) is 12.4 Å². The number of hydrogen-bond acceptors (Lipinski definition) is 4. The molecular weight excluding hydrogens is 202 g/mol. The van der Waals surface area contributed by atoms with Crippen molar-refractivity contribution in [2.45, 2.75) is 45.3 Å². The van der Waals surface area contributed by atoms with Crippen LogP contribution in [0.2, 0.25) is 0 Å². The molecule has 88 valence electrons. The van der Waals surface area contributed by atoms with Crippen molar-refractivity contribution in [3.05, 3.63) is 18.1 Å². The van der Waals surface area contributed by atoms with E-state index in [9.17, 15) is 0 Å². The first-order chi connectivity index (χ1) is 7.85. The standard InChI is InChI=1S/C12H19N3O/c1-2-3-6-15(11-4-5-11)12-8-13-7-10(9-16)14-12/h7-8,11,16H,2-6,9H2,1H3. The summed E-state index contributed by atoms with van der Waals surface area (Å²) in [6.07, 6.45) is 8.31. The van der Waals surface area contributed by atoms with Gasteiger partial charge in [0.1, 0.15) is 5.82 Å². The minimum Gasteiger partial charge on any atom is -0.390 e. The van der Waals surface area contributed by atoms with E-state index >= 15 is 0 Å². The molecule has 0 atom stereocenters. The van der Waals surface area contributed by atoms with Gasteiger partial charge in [-0.2, -0.15) is 0 Å². The van der Waals surface area contributed by atoms with Gasteiger partial charge in [0, 0.05) is 12.6 Å². The Kier molecular flexibility index (Phi) is 3.72. The maximum Gasteiger partial charge on any atom is 0.147 e. The van der Waals surface area contributed by atoms with Crippen LogP contribution >= 0.6 is 0 Å². The van der Waals surface area contributed by atoms with Crippen molar-refractivity contribution < 1.29 is 5.11 Å². The molecule has 16 heavy (non-hydrogen) atoms. The zero-order chi connectivity index (χ0) is 11.4. The Morgan fingerprint density at radius 3 is 2.88 bits per heavy atom. The lowest BCUT2D eigenvalue weighted by atomic mass is 10.3. The number of aliphatic hydroxyl groups excluding tert-OH is 1. The summed E-state index contributed by atoms with van der Waals surface area (Å²) in [6.45, 7) is 3.21. The molecule has 1 aliphatic rings. The second kappa shape index (κ2) is 5.25. The number of rotatable bonds is 6. The number of unbranched alkanes of at least 4 members (excludes halogenated alkanes) is 1. The Morgan fingerprint density at radius 2 is 2.25 bits per heavy atom. The van der Waals surface area contributed by atoms with Crippen molar-refractivity contribution in [2.75, 3.05) is 11.4 Å². The van der Waals surface area contributed by atoms with Crippen LogP contribution < -0.4 is 4.90 Å². The number of nitrogens with zero attached hydrogens (tertiary/aromatic N) is 3. The summed E-state index contributed by atoms with van der Waals surface area (Å²) in [5.74, 6) is 0.919. The fraction of sp³-hybridized carbons (Fsp3) is 0.667. The van der Waals surface area contributed by atoms with Crippen LogP contribution in [0.3, 0.4) is 0 Å². The van der Waals surface area contributed by atoms with Crippen molar-refractivity contribution in [3.8, 4) is 0 Å². The Bertz CT molecular complexity index is 339. The molecule has 0 aromatic carbocycles. The first-order valence-corrected chi connectivity index (χ1v) is 6.03. The van der Waals surface area contributed by atoms with Crippen molar-refractivity contribution in [3.63, 3.8) is 0 Å². The highest BCUT2D eigenvalue weighted by Gasteiger charge is 2.29. The molecule has 0 aliphatic heterocycles. The molecule has 4 nitrogen and oxygen atoms in total. The molecular formula is C12H19N3O. The second-order valence-corrected chi connectivity index (χ2v) is 4.30. The highest BCUT2D eigenvalue weighted by atomic mass is 16.3. The predicted molar refractivity (Wildman–Crippen MR) is 63.2 cm³/mol. The molecule has 1 aromatic heterocycles. The lowest BCUT2D eigenvalue weighted by Crippen LogP contribution is -2.28. The van der Waals surface area contributed by atoms with Gasteiger partial charge in [-0.3, -0.25) is 4.98 Å². The summed E-state index contributed by atoms with van der Waals surface area (Å²) in [7, 11) is 0. The SMILES string of the molecule is CCCCN(c1cncc(CO)n1)C1CC1. The highest BCUT2D eigenvalue weighted by molar-refractivity contribution is 5.39. The van der Waals surface area contributed by atoms with Crippen LogP contribution in [0.4, 0.5) is 5.82 Å². The normalized spacial score (nSPS) is 15.1. The van der Waals surface area contributed by atoms with Gasteiger partial charge in [0.25, 0.3) is 0 Å². The van der Waals surface area contributed by atoms with E-state index in [1.165, 1.54) is 25.7 Å². The highest BCUT2D eigenvalue weighted by Crippen LogP contribution is 2.30. The van der Waals surface area contributed by atoms with Crippen molar-refractivity contribution in [2.24, 2.45) is 0 Å². The monoisotopic (exact) mass is 221 g/mol. The lowest BCUT2D eigenvalue weighted by Gasteiger charge is -2.23. The summed E-state index contributed by atoms with van der Waals surface area (Å²) >= 11 is 0. The molecule has 4 heteroatoms. The molecule has 0 radical (unpaired) electrons. The van der Waals surface area contributed by atoms with Crippen LogP contribution in [0, 0.1) is 0 Å². The van der Waals surface area contributed by atoms with E-state index in [1.807, 2.05) is 0 Å². The quantitative estimate of drug-likeness (QED) is 0.795. The first-order valence-electron chi connectivity index (χ1n) is 6.03. The molecule has 0 saturated heterocycles. The van der Waals surface area contributed by atoms with Gasteiger partial charge in [-0.1, -0.05) is 13.3 Å². The van der Waals surface area contributed by atoms with Gasteiger partial charge in [0.15, 0.2) is 0 Å². The molecule has 0 unspecified atom stereocenters. The lowest BCUT2D eigenvalue weighted by molar-refractivity contribution is 0.276. The van der Waals surface area contributed by atoms with E-state index in [2.05, 4.69) is 21.8 Å². The molecule has 1 N–H and O–H groups in total. The van der Waals surface area contributed by atoms with E-state index in [0.29, 0.717) is 11.7 Å². The van der Waals surface area contributed by atoms with Crippen molar-refractivity contribution in [1.82, 2.24) is 9.97 Å². The summed E-state index contributed by atoms with van der Waals surface area (Å²) in [5.41, 5.74) is 0.652. The average molecular weight is 221 g/mol. The topological polar surface area (TPSA) is 49.2 Å². The maximum absolute atomic E-state index is 9.05. The largest absolute Gasteiger partial charge is 0.390 e. The minimum absolute atomic E-state index is 0.0346. The molecule has 1 heterocycles. The molecule has 2 rings (SSSR count). The van der Waals surface area contributed by atoms with Crippen LogP contribution in [0.15, 0.2) is 12.4 Å². The third kappa shape index (κ3) is 2.70. The van der Waals surface area contributed by atoms with Crippen LogP contribution in [0.25, 0.3) is 0 Å². The van der Waals surface area contributed by atoms with Crippen LogP contribution in [0.5, 0.6) is 0 Å². The Morgan fingerprint density at radius 1 is 1.44 bits per heavy atom.